The summed E-state index contributed by atoms with van der Waals surface area (Å²) < 4.78 is 66.4. The number of piperazine rings is 1. The molecule has 0 aromatic heterocycles. The summed E-state index contributed by atoms with van der Waals surface area (Å²) in [7, 11) is -4.28. The van der Waals surface area contributed by atoms with Crippen LogP contribution in [0.3, 0.4) is 0 Å². The zero-order valence-corrected chi connectivity index (χ0v) is 16.9. The number of alkyl halides is 3. The van der Waals surface area contributed by atoms with Crippen molar-refractivity contribution in [3.05, 3.63) is 29.8 Å². The van der Waals surface area contributed by atoms with E-state index < -0.39 is 26.7 Å². The molecule has 0 radical (unpaired) electrons. The van der Waals surface area contributed by atoms with Crippen LogP contribution >= 0.6 is 0 Å². The van der Waals surface area contributed by atoms with Gasteiger partial charge in [0.1, 0.15) is 0 Å². The number of fused-ring (bicyclic) bond motifs is 2. The Morgan fingerprint density at radius 2 is 1.72 bits per heavy atom. The maximum absolute atomic E-state index is 13.2. The first-order valence-electron chi connectivity index (χ1n) is 10.1. The number of hydrogen-bond acceptors (Lipinski definition) is 3. The van der Waals surface area contributed by atoms with Crippen molar-refractivity contribution in [2.24, 2.45) is 17.8 Å². The average Bonchev–Trinajstić information content (AvgIpc) is 3.30. The molecule has 0 unspecified atom stereocenters. The van der Waals surface area contributed by atoms with E-state index in [2.05, 4.69) is 0 Å². The summed E-state index contributed by atoms with van der Waals surface area (Å²) in [4.78, 5) is 13.6. The number of benzene rings is 1. The van der Waals surface area contributed by atoms with Crippen molar-refractivity contribution in [3.8, 4) is 0 Å². The SMILES string of the molecule is O=C(C[C@H]1C[C@H]2CC[C@H]1C2)N1CCN(S(=O)(=O)c2ccccc2C(F)(F)F)CC1. The topological polar surface area (TPSA) is 57.7 Å². The van der Waals surface area contributed by atoms with Crippen molar-refractivity contribution >= 4 is 15.9 Å². The lowest BCUT2D eigenvalue weighted by molar-refractivity contribution is -0.140. The van der Waals surface area contributed by atoms with Crippen molar-refractivity contribution < 1.29 is 26.4 Å². The molecule has 1 aliphatic heterocycles. The van der Waals surface area contributed by atoms with Gasteiger partial charge in [0.15, 0.2) is 0 Å². The molecule has 1 aromatic rings. The van der Waals surface area contributed by atoms with Crippen molar-refractivity contribution in [2.45, 2.75) is 43.2 Å². The van der Waals surface area contributed by atoms with Crippen LogP contribution in [0.15, 0.2) is 29.2 Å². The third kappa shape index (κ3) is 4.03. The summed E-state index contributed by atoms with van der Waals surface area (Å²) >= 11 is 0. The highest BCUT2D eigenvalue weighted by molar-refractivity contribution is 7.89. The minimum atomic E-state index is -4.75. The van der Waals surface area contributed by atoms with Gasteiger partial charge in [-0.25, -0.2) is 8.42 Å². The summed E-state index contributed by atoms with van der Waals surface area (Å²) in [5, 5.41) is 0. The van der Waals surface area contributed by atoms with E-state index in [9.17, 15) is 26.4 Å². The zero-order chi connectivity index (χ0) is 20.8. The molecule has 29 heavy (non-hydrogen) atoms. The van der Waals surface area contributed by atoms with E-state index in [1.165, 1.54) is 31.4 Å². The molecule has 1 saturated heterocycles. The first-order valence-corrected chi connectivity index (χ1v) is 11.5. The minimum Gasteiger partial charge on any atom is -0.340 e. The molecule has 2 bridgehead atoms. The molecule has 3 atom stereocenters. The summed E-state index contributed by atoms with van der Waals surface area (Å²) in [5.41, 5.74) is -1.16. The number of nitrogens with zero attached hydrogens (tertiary/aromatic N) is 2. The molecule has 0 N–H and O–H groups in total. The Hall–Kier alpha value is -1.61. The van der Waals surface area contributed by atoms with Crippen LogP contribution in [0, 0.1) is 17.8 Å². The molecule has 1 aromatic carbocycles. The van der Waals surface area contributed by atoms with Crippen molar-refractivity contribution in [2.75, 3.05) is 26.2 Å². The Balaban J connectivity index is 1.40. The second kappa shape index (κ2) is 7.58. The van der Waals surface area contributed by atoms with Gasteiger partial charge in [-0.2, -0.15) is 17.5 Å². The van der Waals surface area contributed by atoms with Crippen molar-refractivity contribution in [1.29, 1.82) is 0 Å². The molecule has 2 aliphatic carbocycles. The molecular weight excluding hydrogens is 405 g/mol. The number of halogens is 3. The first kappa shape index (κ1) is 20.7. The lowest BCUT2D eigenvalue weighted by Crippen LogP contribution is -2.51. The molecule has 4 rings (SSSR count). The van der Waals surface area contributed by atoms with Crippen LogP contribution in [-0.2, 0) is 21.0 Å². The first-order chi connectivity index (χ1) is 13.7. The molecule has 2 saturated carbocycles. The van der Waals surface area contributed by atoms with Gasteiger partial charge in [0.25, 0.3) is 0 Å². The van der Waals surface area contributed by atoms with Crippen LogP contribution in [0.5, 0.6) is 0 Å². The van der Waals surface area contributed by atoms with Gasteiger partial charge in [0.05, 0.1) is 10.5 Å². The van der Waals surface area contributed by atoms with E-state index in [0.717, 1.165) is 28.8 Å². The Bertz CT molecular complexity index is 879. The molecule has 0 spiro atoms. The fourth-order valence-electron chi connectivity index (χ4n) is 5.22. The second-order valence-electron chi connectivity index (χ2n) is 8.42. The molecule has 3 fully saturated rings. The van der Waals surface area contributed by atoms with Crippen molar-refractivity contribution in [1.82, 2.24) is 9.21 Å². The Morgan fingerprint density at radius 3 is 2.31 bits per heavy atom. The molecule has 9 heteroatoms. The van der Waals surface area contributed by atoms with Gasteiger partial charge in [0, 0.05) is 32.6 Å². The lowest BCUT2D eigenvalue weighted by Gasteiger charge is -2.35. The van der Waals surface area contributed by atoms with Crippen LogP contribution in [0.2, 0.25) is 0 Å². The predicted molar refractivity (Wildman–Crippen MR) is 100 cm³/mol. The quantitative estimate of drug-likeness (QED) is 0.736. The average molecular weight is 430 g/mol. The van der Waals surface area contributed by atoms with Crippen molar-refractivity contribution in [3.63, 3.8) is 0 Å². The smallest absolute Gasteiger partial charge is 0.340 e. The van der Waals surface area contributed by atoms with Gasteiger partial charge < -0.3 is 4.90 Å². The Morgan fingerprint density at radius 1 is 1.03 bits per heavy atom. The molecule has 1 amide bonds. The van der Waals surface area contributed by atoms with E-state index in [4.69, 9.17) is 0 Å². The fraction of sp³-hybridized carbons (Fsp3) is 0.650. The Labute approximate surface area is 168 Å². The molecule has 3 aliphatic rings. The van der Waals surface area contributed by atoms with E-state index in [1.807, 2.05) is 0 Å². The zero-order valence-electron chi connectivity index (χ0n) is 16.1. The minimum absolute atomic E-state index is 0.0109. The second-order valence-corrected chi connectivity index (χ2v) is 10.3. The maximum Gasteiger partial charge on any atom is 0.417 e. The van der Waals surface area contributed by atoms with E-state index in [0.29, 0.717) is 18.3 Å². The van der Waals surface area contributed by atoms with Crippen LogP contribution in [0.1, 0.15) is 37.7 Å². The number of rotatable bonds is 4. The van der Waals surface area contributed by atoms with Gasteiger partial charge in [-0.3, -0.25) is 4.79 Å². The highest BCUT2D eigenvalue weighted by Crippen LogP contribution is 2.49. The van der Waals surface area contributed by atoms with Gasteiger partial charge >= 0.3 is 6.18 Å². The predicted octanol–water partition coefficient (Wildman–Crippen LogP) is 3.36. The van der Waals surface area contributed by atoms with E-state index in [-0.39, 0.29) is 32.1 Å². The molecule has 160 valence electrons. The van der Waals surface area contributed by atoms with Gasteiger partial charge in [-0.05, 0) is 49.1 Å². The molecule has 5 nitrogen and oxygen atoms in total. The van der Waals surface area contributed by atoms with Crippen LogP contribution in [0.25, 0.3) is 0 Å². The summed E-state index contributed by atoms with van der Waals surface area (Å²) in [6, 6.07) is 4.23. The maximum atomic E-state index is 13.2. The number of carbonyl (C=O) groups excluding carboxylic acids is 1. The monoisotopic (exact) mass is 430 g/mol. The standard InChI is InChI=1S/C20H25F3N2O3S/c21-20(22,23)17-3-1-2-4-18(17)29(27,28)25-9-7-24(8-10-25)19(26)13-16-12-14-5-6-15(16)11-14/h1-4,14-16H,5-13H2/t14-,15-,16+/m0/s1. The third-order valence-electron chi connectivity index (χ3n) is 6.72. The van der Waals surface area contributed by atoms with Gasteiger partial charge in [-0.15, -0.1) is 0 Å². The third-order valence-corrected chi connectivity index (χ3v) is 8.68. The summed E-state index contributed by atoms with van der Waals surface area (Å²) in [6.45, 7) is 0.452. The fourth-order valence-corrected chi connectivity index (χ4v) is 6.86. The molecule has 1 heterocycles. The Kier molecular flexibility index (Phi) is 5.40. The molecular formula is C20H25F3N2O3S. The van der Waals surface area contributed by atoms with E-state index >= 15 is 0 Å². The normalized spacial score (nSPS) is 28.1. The van der Waals surface area contributed by atoms with Crippen LogP contribution < -0.4 is 0 Å². The number of hydrogen-bond donors (Lipinski definition) is 0. The van der Waals surface area contributed by atoms with Gasteiger partial charge in [0.2, 0.25) is 15.9 Å². The van der Waals surface area contributed by atoms with Crippen LogP contribution in [-0.4, -0.2) is 49.7 Å². The van der Waals surface area contributed by atoms with E-state index in [1.54, 1.807) is 4.90 Å². The number of carbonyl (C=O) groups is 1. The van der Waals surface area contributed by atoms with Gasteiger partial charge in [-0.1, -0.05) is 18.6 Å². The number of amides is 1. The summed E-state index contributed by atoms with van der Waals surface area (Å²) in [5.74, 6) is 1.87. The lowest BCUT2D eigenvalue weighted by atomic mass is 9.86. The largest absolute Gasteiger partial charge is 0.417 e. The van der Waals surface area contributed by atoms with Crippen LogP contribution in [0.4, 0.5) is 13.2 Å². The highest BCUT2D eigenvalue weighted by Gasteiger charge is 2.42. The highest BCUT2D eigenvalue weighted by atomic mass is 32.2. The number of sulfonamides is 1. The summed E-state index contributed by atoms with van der Waals surface area (Å²) in [6.07, 6.45) is 0.563.